The van der Waals surface area contributed by atoms with Gasteiger partial charge in [0.2, 0.25) is 11.8 Å². The maximum atomic E-state index is 12.1. The first-order valence-corrected chi connectivity index (χ1v) is 11.7. The third-order valence-electron chi connectivity index (χ3n) is 4.64. The molecule has 3 aromatic carbocycles. The SMILES string of the molecule is CCOc1cc(C=NNC(=O)CC(=O)Nc2cccc(OC)c2)cc(Br)c1OCc1ccccc1. The van der Waals surface area contributed by atoms with Crippen molar-refractivity contribution in [1.82, 2.24) is 5.43 Å². The topological polar surface area (TPSA) is 98.2 Å². The summed E-state index contributed by atoms with van der Waals surface area (Å²) in [5.74, 6) is 0.709. The number of carbonyl (C=O) groups is 2. The van der Waals surface area contributed by atoms with Crippen LogP contribution in [-0.4, -0.2) is 31.7 Å². The minimum atomic E-state index is -0.548. The number of hydrazone groups is 1. The lowest BCUT2D eigenvalue weighted by Crippen LogP contribution is -2.24. The van der Waals surface area contributed by atoms with Crippen molar-refractivity contribution in [3.8, 4) is 17.2 Å². The van der Waals surface area contributed by atoms with Gasteiger partial charge >= 0.3 is 0 Å². The Kier molecular flexibility index (Phi) is 9.68. The summed E-state index contributed by atoms with van der Waals surface area (Å²) in [6.45, 7) is 2.72. The normalized spacial score (nSPS) is 10.6. The van der Waals surface area contributed by atoms with Crippen LogP contribution in [0.3, 0.4) is 0 Å². The number of anilines is 1. The molecule has 182 valence electrons. The summed E-state index contributed by atoms with van der Waals surface area (Å²) in [6, 6.07) is 20.2. The molecule has 0 aliphatic heterocycles. The fourth-order valence-corrected chi connectivity index (χ4v) is 3.64. The predicted octanol–water partition coefficient (Wildman–Crippen LogP) is 4.91. The second-order valence-electron chi connectivity index (χ2n) is 7.29. The molecule has 3 rings (SSSR count). The Bertz CT molecular complexity index is 1180. The molecule has 0 aliphatic rings. The molecular formula is C26H26BrN3O5. The van der Waals surface area contributed by atoms with Crippen LogP contribution in [0.25, 0.3) is 0 Å². The van der Waals surface area contributed by atoms with E-state index in [1.807, 2.05) is 37.3 Å². The van der Waals surface area contributed by atoms with Crippen LogP contribution in [0.2, 0.25) is 0 Å². The van der Waals surface area contributed by atoms with Crippen LogP contribution in [0, 0.1) is 0 Å². The summed E-state index contributed by atoms with van der Waals surface area (Å²) in [6.07, 6.45) is 1.08. The van der Waals surface area contributed by atoms with E-state index in [1.54, 1.807) is 36.4 Å². The van der Waals surface area contributed by atoms with Gasteiger partial charge in [-0.1, -0.05) is 36.4 Å². The molecule has 0 saturated carbocycles. The molecule has 0 saturated heterocycles. The van der Waals surface area contributed by atoms with Gasteiger partial charge in [0, 0.05) is 11.8 Å². The first-order chi connectivity index (χ1) is 17.0. The number of rotatable bonds is 11. The van der Waals surface area contributed by atoms with E-state index in [0.717, 1.165) is 5.56 Å². The highest BCUT2D eigenvalue weighted by Gasteiger charge is 2.13. The lowest BCUT2D eigenvalue weighted by Gasteiger charge is -2.14. The largest absolute Gasteiger partial charge is 0.497 e. The van der Waals surface area contributed by atoms with Crippen LogP contribution in [-0.2, 0) is 16.2 Å². The molecule has 0 bridgehead atoms. The number of benzene rings is 3. The fourth-order valence-electron chi connectivity index (χ4n) is 3.07. The van der Waals surface area contributed by atoms with Gasteiger partial charge in [-0.25, -0.2) is 5.43 Å². The molecular weight excluding hydrogens is 514 g/mol. The number of carbonyl (C=O) groups excluding carboxylic acids is 2. The van der Waals surface area contributed by atoms with Crippen LogP contribution in [0.4, 0.5) is 5.69 Å². The standard InChI is InChI=1S/C26H26BrN3O5/c1-3-34-23-13-19(12-22(27)26(23)35-17-18-8-5-4-6-9-18)16-28-30-25(32)15-24(31)29-20-10-7-11-21(14-20)33-2/h4-14,16H,3,15,17H2,1-2H3,(H,29,31)(H,30,32). The first-order valence-electron chi connectivity index (χ1n) is 10.9. The third-order valence-corrected chi connectivity index (χ3v) is 5.22. The number of nitrogens with zero attached hydrogens (tertiary/aromatic N) is 1. The second kappa shape index (κ2) is 13.1. The Balaban J connectivity index is 1.58. The van der Waals surface area contributed by atoms with Crippen molar-refractivity contribution in [2.45, 2.75) is 20.0 Å². The molecule has 0 fully saturated rings. The average molecular weight is 540 g/mol. The Morgan fingerprint density at radius 1 is 1.00 bits per heavy atom. The molecule has 9 heteroatoms. The van der Waals surface area contributed by atoms with Crippen LogP contribution < -0.4 is 25.0 Å². The summed E-state index contributed by atoms with van der Waals surface area (Å²) in [7, 11) is 1.54. The molecule has 8 nitrogen and oxygen atoms in total. The zero-order chi connectivity index (χ0) is 25.0. The summed E-state index contributed by atoms with van der Waals surface area (Å²) < 4.78 is 17.5. The quantitative estimate of drug-likeness (QED) is 0.205. The predicted molar refractivity (Wildman–Crippen MR) is 138 cm³/mol. The highest BCUT2D eigenvalue weighted by molar-refractivity contribution is 9.10. The first kappa shape index (κ1) is 25.8. The fraction of sp³-hybridized carbons (Fsp3) is 0.192. The van der Waals surface area contributed by atoms with Crippen molar-refractivity contribution in [2.75, 3.05) is 19.0 Å². The molecule has 0 aliphatic carbocycles. The van der Waals surface area contributed by atoms with E-state index in [4.69, 9.17) is 14.2 Å². The summed E-state index contributed by atoms with van der Waals surface area (Å²) >= 11 is 3.52. The summed E-state index contributed by atoms with van der Waals surface area (Å²) in [4.78, 5) is 24.2. The number of halogens is 1. The van der Waals surface area contributed by atoms with E-state index >= 15 is 0 Å². The van der Waals surface area contributed by atoms with Crippen LogP contribution in [0.1, 0.15) is 24.5 Å². The Morgan fingerprint density at radius 2 is 1.80 bits per heavy atom. The van der Waals surface area contributed by atoms with Gasteiger partial charge < -0.3 is 19.5 Å². The number of ether oxygens (including phenoxy) is 3. The van der Waals surface area contributed by atoms with E-state index in [9.17, 15) is 9.59 Å². The van der Waals surface area contributed by atoms with Crippen LogP contribution in [0.5, 0.6) is 17.2 Å². The number of amides is 2. The van der Waals surface area contributed by atoms with Crippen LogP contribution >= 0.6 is 15.9 Å². The van der Waals surface area contributed by atoms with Gasteiger partial charge in [0.15, 0.2) is 11.5 Å². The molecule has 3 aromatic rings. The molecule has 0 aromatic heterocycles. The summed E-state index contributed by atoms with van der Waals surface area (Å²) in [5, 5.41) is 6.60. The Labute approximate surface area is 212 Å². The maximum absolute atomic E-state index is 12.1. The number of nitrogens with one attached hydrogen (secondary N) is 2. The van der Waals surface area contributed by atoms with Gasteiger partial charge in [-0.15, -0.1) is 0 Å². The molecule has 0 radical (unpaired) electrons. The lowest BCUT2D eigenvalue weighted by molar-refractivity contribution is -0.126. The van der Waals surface area contributed by atoms with E-state index in [2.05, 4.69) is 31.8 Å². The minimum absolute atomic E-state index is 0.380. The van der Waals surface area contributed by atoms with Gasteiger partial charge in [-0.2, -0.15) is 5.10 Å². The number of methoxy groups -OCH3 is 1. The molecule has 0 unspecified atom stereocenters. The highest BCUT2D eigenvalue weighted by Crippen LogP contribution is 2.37. The monoisotopic (exact) mass is 539 g/mol. The smallest absolute Gasteiger partial charge is 0.249 e. The molecule has 2 N–H and O–H groups in total. The molecule has 0 atom stereocenters. The lowest BCUT2D eigenvalue weighted by atomic mass is 10.2. The molecule has 0 spiro atoms. The number of hydrogen-bond acceptors (Lipinski definition) is 6. The summed E-state index contributed by atoms with van der Waals surface area (Å²) in [5.41, 5.74) is 4.60. The zero-order valence-corrected chi connectivity index (χ0v) is 21.0. The Hall–Kier alpha value is -3.85. The zero-order valence-electron chi connectivity index (χ0n) is 19.4. The van der Waals surface area contributed by atoms with Gasteiger partial charge in [-0.3, -0.25) is 9.59 Å². The van der Waals surface area contributed by atoms with Gasteiger partial charge in [-0.05, 0) is 58.2 Å². The van der Waals surface area contributed by atoms with Crippen LogP contribution in [0.15, 0.2) is 76.3 Å². The maximum Gasteiger partial charge on any atom is 0.249 e. The molecule has 2 amide bonds. The van der Waals surface area contributed by atoms with Crippen molar-refractivity contribution in [3.63, 3.8) is 0 Å². The van der Waals surface area contributed by atoms with E-state index < -0.39 is 11.8 Å². The van der Waals surface area contributed by atoms with E-state index in [1.165, 1.54) is 13.3 Å². The molecule has 35 heavy (non-hydrogen) atoms. The van der Waals surface area contributed by atoms with Crippen molar-refractivity contribution in [2.24, 2.45) is 5.10 Å². The third kappa shape index (κ3) is 8.15. The average Bonchev–Trinajstić information content (AvgIpc) is 2.84. The van der Waals surface area contributed by atoms with Crippen molar-refractivity contribution in [1.29, 1.82) is 0 Å². The van der Waals surface area contributed by atoms with Gasteiger partial charge in [0.25, 0.3) is 0 Å². The van der Waals surface area contributed by atoms with Crippen molar-refractivity contribution in [3.05, 3.63) is 82.3 Å². The van der Waals surface area contributed by atoms with Crippen molar-refractivity contribution < 1.29 is 23.8 Å². The molecule has 0 heterocycles. The number of hydrogen-bond donors (Lipinski definition) is 2. The van der Waals surface area contributed by atoms with Crippen molar-refractivity contribution >= 4 is 39.6 Å². The highest BCUT2D eigenvalue weighted by atomic mass is 79.9. The van der Waals surface area contributed by atoms with E-state index in [0.29, 0.717) is 46.2 Å². The Morgan fingerprint density at radius 3 is 2.54 bits per heavy atom. The van der Waals surface area contributed by atoms with E-state index in [-0.39, 0.29) is 6.42 Å². The second-order valence-corrected chi connectivity index (χ2v) is 8.14. The van der Waals surface area contributed by atoms with Gasteiger partial charge in [0.1, 0.15) is 18.8 Å². The van der Waals surface area contributed by atoms with Gasteiger partial charge in [0.05, 0.1) is 24.4 Å². The minimum Gasteiger partial charge on any atom is -0.497 e.